The number of rotatable bonds is 3. The number of nitro groups is 1. The summed E-state index contributed by atoms with van der Waals surface area (Å²) in [6, 6.07) is -0.0829. The summed E-state index contributed by atoms with van der Waals surface area (Å²) in [6.07, 6.45) is 1.27. The van der Waals surface area contributed by atoms with E-state index in [1.807, 2.05) is 13.8 Å². The second-order valence-corrected chi connectivity index (χ2v) is 4.98. The highest BCUT2D eigenvalue weighted by Crippen LogP contribution is 2.43. The summed E-state index contributed by atoms with van der Waals surface area (Å²) >= 11 is 0. The number of anilines is 2. The Morgan fingerprint density at radius 1 is 1.61 bits per heavy atom. The van der Waals surface area contributed by atoms with Crippen molar-refractivity contribution in [1.82, 2.24) is 9.97 Å². The Kier molecular flexibility index (Phi) is 2.81. The summed E-state index contributed by atoms with van der Waals surface area (Å²) in [5.41, 5.74) is 4.79. The van der Waals surface area contributed by atoms with Crippen molar-refractivity contribution in [3.05, 3.63) is 16.4 Å². The Hall–Kier alpha value is -1.96. The van der Waals surface area contributed by atoms with Crippen molar-refractivity contribution in [3.63, 3.8) is 0 Å². The van der Waals surface area contributed by atoms with Gasteiger partial charge in [0, 0.05) is 11.5 Å². The predicted molar refractivity (Wildman–Crippen MR) is 64.9 cm³/mol. The maximum atomic E-state index is 10.9. The number of aliphatic hydroxyl groups excluding tert-OH is 1. The van der Waals surface area contributed by atoms with Gasteiger partial charge in [0.1, 0.15) is 6.33 Å². The van der Waals surface area contributed by atoms with Crippen molar-refractivity contribution < 1.29 is 10.0 Å². The predicted octanol–water partition coefficient (Wildman–Crippen LogP) is 0.538. The van der Waals surface area contributed by atoms with Crippen LogP contribution in [0.1, 0.15) is 20.3 Å². The molecule has 2 rings (SSSR count). The molecule has 0 bridgehead atoms. The first-order valence-electron chi connectivity index (χ1n) is 5.53. The van der Waals surface area contributed by atoms with E-state index in [1.165, 1.54) is 6.33 Å². The number of nitrogens with one attached hydrogen (secondary N) is 1. The van der Waals surface area contributed by atoms with E-state index in [4.69, 9.17) is 5.73 Å². The number of hydrogen-bond acceptors (Lipinski definition) is 7. The number of nitrogens with zero attached hydrogens (tertiary/aromatic N) is 3. The van der Waals surface area contributed by atoms with E-state index in [1.54, 1.807) is 0 Å². The smallest absolute Gasteiger partial charge is 0.352 e. The third-order valence-corrected chi connectivity index (χ3v) is 3.56. The Bertz CT molecular complexity index is 490. The second-order valence-electron chi connectivity index (χ2n) is 4.98. The Morgan fingerprint density at radius 3 is 2.78 bits per heavy atom. The van der Waals surface area contributed by atoms with E-state index in [0.29, 0.717) is 6.42 Å². The van der Waals surface area contributed by atoms with Crippen LogP contribution in [0, 0.1) is 15.5 Å². The average Bonchev–Trinajstić information content (AvgIpc) is 2.28. The molecule has 98 valence electrons. The summed E-state index contributed by atoms with van der Waals surface area (Å²) in [6.45, 7) is 3.77. The van der Waals surface area contributed by atoms with Gasteiger partial charge in [0.15, 0.2) is 0 Å². The summed E-state index contributed by atoms with van der Waals surface area (Å²) < 4.78 is 0. The topological polar surface area (TPSA) is 127 Å². The van der Waals surface area contributed by atoms with Crippen LogP contribution in [0.25, 0.3) is 0 Å². The lowest BCUT2D eigenvalue weighted by Crippen LogP contribution is -2.57. The highest BCUT2D eigenvalue weighted by atomic mass is 16.6. The summed E-state index contributed by atoms with van der Waals surface area (Å²) in [5, 5.41) is 23.5. The molecule has 18 heavy (non-hydrogen) atoms. The van der Waals surface area contributed by atoms with Gasteiger partial charge in [0.25, 0.3) is 0 Å². The number of aliphatic hydroxyl groups is 1. The lowest BCUT2D eigenvalue weighted by atomic mass is 9.64. The highest BCUT2D eigenvalue weighted by Gasteiger charge is 2.48. The molecule has 0 aromatic carbocycles. The molecule has 1 aliphatic rings. The van der Waals surface area contributed by atoms with Gasteiger partial charge in [-0.25, -0.2) is 9.97 Å². The molecule has 1 heterocycles. The van der Waals surface area contributed by atoms with Crippen LogP contribution in [-0.4, -0.2) is 32.1 Å². The van der Waals surface area contributed by atoms with Gasteiger partial charge in [-0.3, -0.25) is 10.1 Å². The number of hydrogen-bond donors (Lipinski definition) is 3. The van der Waals surface area contributed by atoms with Crippen molar-refractivity contribution in [1.29, 1.82) is 0 Å². The zero-order valence-corrected chi connectivity index (χ0v) is 10.1. The van der Waals surface area contributed by atoms with Crippen molar-refractivity contribution in [2.24, 2.45) is 5.41 Å². The first kappa shape index (κ1) is 12.5. The van der Waals surface area contributed by atoms with E-state index < -0.39 is 11.0 Å². The van der Waals surface area contributed by atoms with E-state index in [2.05, 4.69) is 15.3 Å². The molecule has 1 aliphatic carbocycles. The van der Waals surface area contributed by atoms with Crippen LogP contribution >= 0.6 is 0 Å². The number of aromatic nitrogens is 2. The molecule has 2 atom stereocenters. The zero-order chi connectivity index (χ0) is 13.5. The molecule has 1 aromatic heterocycles. The molecule has 2 unspecified atom stereocenters. The second kappa shape index (κ2) is 4.05. The van der Waals surface area contributed by atoms with Crippen molar-refractivity contribution >= 4 is 17.3 Å². The standard InChI is InChI=1S/C10H15N5O3/c1-10(2)5(3-6(10)16)14-9-7(15(17)18)8(11)12-4-13-9/h4-6,16H,3H2,1-2H3,(H3,11,12,13,14). The minimum atomic E-state index is -0.611. The molecular formula is C10H15N5O3. The zero-order valence-electron chi connectivity index (χ0n) is 10.1. The third kappa shape index (κ3) is 1.84. The van der Waals surface area contributed by atoms with Gasteiger partial charge in [-0.2, -0.15) is 0 Å². The van der Waals surface area contributed by atoms with Gasteiger partial charge in [0.2, 0.25) is 11.6 Å². The molecule has 8 nitrogen and oxygen atoms in total. The van der Waals surface area contributed by atoms with Crippen LogP contribution in [0.3, 0.4) is 0 Å². The summed E-state index contributed by atoms with van der Waals surface area (Å²) in [5.74, 6) is -0.0762. The maximum absolute atomic E-state index is 10.9. The molecule has 4 N–H and O–H groups in total. The van der Waals surface area contributed by atoms with E-state index in [0.717, 1.165) is 0 Å². The van der Waals surface area contributed by atoms with Gasteiger partial charge in [-0.15, -0.1) is 0 Å². The van der Waals surface area contributed by atoms with Gasteiger partial charge in [-0.1, -0.05) is 13.8 Å². The van der Waals surface area contributed by atoms with E-state index in [9.17, 15) is 15.2 Å². The molecular weight excluding hydrogens is 238 g/mol. The van der Waals surface area contributed by atoms with Crippen LogP contribution in [0.2, 0.25) is 0 Å². The van der Waals surface area contributed by atoms with Crippen LogP contribution in [-0.2, 0) is 0 Å². The highest BCUT2D eigenvalue weighted by molar-refractivity contribution is 5.67. The number of nitrogen functional groups attached to an aromatic ring is 1. The molecule has 8 heteroatoms. The average molecular weight is 253 g/mol. The molecule has 1 fully saturated rings. The fourth-order valence-corrected chi connectivity index (χ4v) is 1.99. The molecule has 1 aromatic rings. The van der Waals surface area contributed by atoms with Gasteiger partial charge < -0.3 is 16.2 Å². The first-order valence-corrected chi connectivity index (χ1v) is 5.53. The largest absolute Gasteiger partial charge is 0.392 e. The lowest BCUT2D eigenvalue weighted by molar-refractivity contribution is -0.383. The number of nitrogens with two attached hydrogens (primary N) is 1. The molecule has 1 saturated carbocycles. The molecule has 0 saturated heterocycles. The van der Waals surface area contributed by atoms with Crippen LogP contribution in [0.15, 0.2) is 6.33 Å². The lowest BCUT2D eigenvalue weighted by Gasteiger charge is -2.49. The van der Waals surface area contributed by atoms with Crippen molar-refractivity contribution in [2.75, 3.05) is 11.1 Å². The normalized spacial score (nSPS) is 25.3. The minimum absolute atomic E-state index is 0.0829. The Labute approximate surface area is 103 Å². The SMILES string of the molecule is CC1(C)C(O)CC1Nc1ncnc(N)c1[N+](=O)[O-]. The van der Waals surface area contributed by atoms with Gasteiger partial charge in [0.05, 0.1) is 11.0 Å². The minimum Gasteiger partial charge on any atom is -0.392 e. The van der Waals surface area contributed by atoms with Gasteiger partial charge in [-0.05, 0) is 6.42 Å². The summed E-state index contributed by atoms with van der Waals surface area (Å²) in [4.78, 5) is 17.7. The van der Waals surface area contributed by atoms with E-state index >= 15 is 0 Å². The van der Waals surface area contributed by atoms with E-state index in [-0.39, 0.29) is 28.8 Å². The molecule has 0 spiro atoms. The third-order valence-electron chi connectivity index (χ3n) is 3.56. The molecule has 0 radical (unpaired) electrons. The van der Waals surface area contributed by atoms with Crippen LogP contribution < -0.4 is 11.1 Å². The Morgan fingerprint density at radius 2 is 2.28 bits per heavy atom. The van der Waals surface area contributed by atoms with Crippen LogP contribution in [0.4, 0.5) is 17.3 Å². The fraction of sp³-hybridized carbons (Fsp3) is 0.600. The first-order chi connectivity index (χ1) is 8.34. The van der Waals surface area contributed by atoms with Gasteiger partial charge >= 0.3 is 5.69 Å². The monoisotopic (exact) mass is 253 g/mol. The van der Waals surface area contributed by atoms with Crippen molar-refractivity contribution in [2.45, 2.75) is 32.4 Å². The maximum Gasteiger partial charge on any atom is 0.352 e. The Balaban J connectivity index is 2.26. The molecule has 0 amide bonds. The fourth-order valence-electron chi connectivity index (χ4n) is 1.99. The van der Waals surface area contributed by atoms with Crippen molar-refractivity contribution in [3.8, 4) is 0 Å². The van der Waals surface area contributed by atoms with Crippen LogP contribution in [0.5, 0.6) is 0 Å². The quantitative estimate of drug-likeness (QED) is 0.529. The molecule has 0 aliphatic heterocycles. The summed E-state index contributed by atoms with van der Waals surface area (Å²) in [7, 11) is 0.